The lowest BCUT2D eigenvalue weighted by atomic mass is 10.0. The zero-order valence-electron chi connectivity index (χ0n) is 12.7. The van der Waals surface area contributed by atoms with E-state index in [4.69, 9.17) is 0 Å². The molecule has 0 amide bonds. The first-order chi connectivity index (χ1) is 10.8. The first-order valence-electron chi connectivity index (χ1n) is 7.48. The van der Waals surface area contributed by atoms with Crippen molar-refractivity contribution in [3.63, 3.8) is 0 Å². The minimum absolute atomic E-state index is 1.10. The van der Waals surface area contributed by atoms with Crippen LogP contribution in [0.3, 0.4) is 0 Å². The molecule has 0 fully saturated rings. The van der Waals surface area contributed by atoms with Crippen molar-refractivity contribution in [2.24, 2.45) is 0 Å². The fourth-order valence-corrected chi connectivity index (χ4v) is 2.49. The minimum Gasteiger partial charge on any atom is -0.355 e. The van der Waals surface area contributed by atoms with E-state index in [9.17, 15) is 0 Å². The van der Waals surface area contributed by atoms with Crippen LogP contribution < -0.4 is 5.32 Å². The van der Waals surface area contributed by atoms with Crippen LogP contribution in [0.1, 0.15) is 18.1 Å². The van der Waals surface area contributed by atoms with Gasteiger partial charge in [0.1, 0.15) is 0 Å². The number of allylic oxidation sites excluding steroid dienone is 1. The summed E-state index contributed by atoms with van der Waals surface area (Å²) in [5.74, 6) is 0. The number of rotatable bonds is 4. The molecule has 1 N–H and O–H groups in total. The standard InChI is InChI=1S/C21H19N/c1-17(16-18-10-4-2-5-11-18)20-14-8-9-15-21(20)22-19-12-6-3-7-13-19/h2-16,22H,1H3/b17-16-. The molecule has 0 aliphatic heterocycles. The van der Waals surface area contributed by atoms with Crippen LogP contribution in [0.5, 0.6) is 0 Å². The summed E-state index contributed by atoms with van der Waals surface area (Å²) in [6.45, 7) is 2.15. The second-order valence-electron chi connectivity index (χ2n) is 5.27. The second-order valence-corrected chi connectivity index (χ2v) is 5.27. The molecule has 0 heterocycles. The minimum atomic E-state index is 1.10. The van der Waals surface area contributed by atoms with Crippen molar-refractivity contribution in [2.45, 2.75) is 6.92 Å². The van der Waals surface area contributed by atoms with E-state index in [2.05, 4.69) is 79.0 Å². The van der Waals surface area contributed by atoms with Crippen molar-refractivity contribution in [3.8, 4) is 0 Å². The molecule has 0 atom stereocenters. The lowest BCUT2D eigenvalue weighted by Crippen LogP contribution is -1.94. The molecule has 1 heteroatoms. The molecule has 0 unspecified atom stereocenters. The number of anilines is 2. The Bertz CT molecular complexity index is 758. The topological polar surface area (TPSA) is 12.0 Å². The molecule has 1 nitrogen and oxygen atoms in total. The fourth-order valence-electron chi connectivity index (χ4n) is 2.49. The van der Waals surface area contributed by atoms with Gasteiger partial charge in [0.2, 0.25) is 0 Å². The summed E-state index contributed by atoms with van der Waals surface area (Å²) in [5.41, 5.74) is 5.90. The number of hydrogen-bond donors (Lipinski definition) is 1. The SMILES string of the molecule is C/C(=C/c1ccccc1)c1ccccc1Nc1ccccc1. The van der Waals surface area contributed by atoms with Gasteiger partial charge in [-0.1, -0.05) is 72.8 Å². The maximum atomic E-state index is 3.50. The van der Waals surface area contributed by atoms with Gasteiger partial charge in [0, 0.05) is 16.9 Å². The quantitative estimate of drug-likeness (QED) is 0.580. The molecule has 0 aliphatic rings. The van der Waals surface area contributed by atoms with Gasteiger partial charge in [0.15, 0.2) is 0 Å². The van der Waals surface area contributed by atoms with Gasteiger partial charge < -0.3 is 5.32 Å². The van der Waals surface area contributed by atoms with Crippen molar-refractivity contribution in [1.29, 1.82) is 0 Å². The van der Waals surface area contributed by atoms with Crippen molar-refractivity contribution >= 4 is 23.0 Å². The van der Waals surface area contributed by atoms with Gasteiger partial charge in [0.05, 0.1) is 0 Å². The van der Waals surface area contributed by atoms with Gasteiger partial charge in [-0.05, 0) is 36.3 Å². The maximum Gasteiger partial charge on any atom is 0.0460 e. The van der Waals surface area contributed by atoms with Crippen molar-refractivity contribution < 1.29 is 0 Å². The summed E-state index contributed by atoms with van der Waals surface area (Å²) in [6.07, 6.45) is 2.21. The largest absolute Gasteiger partial charge is 0.355 e. The van der Waals surface area contributed by atoms with Gasteiger partial charge in [-0.15, -0.1) is 0 Å². The number of nitrogens with one attached hydrogen (secondary N) is 1. The first kappa shape index (κ1) is 14.2. The van der Waals surface area contributed by atoms with Crippen LogP contribution >= 0.6 is 0 Å². The third-order valence-electron chi connectivity index (χ3n) is 3.59. The molecule has 0 spiro atoms. The molecule has 0 saturated carbocycles. The van der Waals surface area contributed by atoms with Crippen LogP contribution in [0, 0.1) is 0 Å². The molecule has 0 bridgehead atoms. The molecule has 3 aromatic carbocycles. The summed E-state index contributed by atoms with van der Waals surface area (Å²) < 4.78 is 0. The predicted molar refractivity (Wildman–Crippen MR) is 96.2 cm³/mol. The van der Waals surface area contributed by atoms with E-state index in [1.165, 1.54) is 16.7 Å². The zero-order chi connectivity index (χ0) is 15.2. The zero-order valence-corrected chi connectivity index (χ0v) is 12.7. The summed E-state index contributed by atoms with van der Waals surface area (Å²) in [5, 5.41) is 3.50. The molecule has 0 aromatic heterocycles. The van der Waals surface area contributed by atoms with E-state index < -0.39 is 0 Å². The third-order valence-corrected chi connectivity index (χ3v) is 3.59. The Kier molecular flexibility index (Phi) is 4.35. The van der Waals surface area contributed by atoms with E-state index in [0.717, 1.165) is 11.4 Å². The normalized spacial score (nSPS) is 11.2. The Morgan fingerprint density at radius 1 is 0.727 bits per heavy atom. The lowest BCUT2D eigenvalue weighted by Gasteiger charge is -2.12. The Morgan fingerprint density at radius 3 is 2.05 bits per heavy atom. The van der Waals surface area contributed by atoms with Gasteiger partial charge in [-0.2, -0.15) is 0 Å². The first-order valence-corrected chi connectivity index (χ1v) is 7.48. The van der Waals surface area contributed by atoms with E-state index in [1.807, 2.05) is 24.3 Å². The highest BCUT2D eigenvalue weighted by Crippen LogP contribution is 2.27. The average molecular weight is 285 g/mol. The van der Waals surface area contributed by atoms with Crippen LogP contribution in [0.25, 0.3) is 11.6 Å². The molecular weight excluding hydrogens is 266 g/mol. The smallest absolute Gasteiger partial charge is 0.0460 e. The van der Waals surface area contributed by atoms with Gasteiger partial charge in [-0.25, -0.2) is 0 Å². The summed E-state index contributed by atoms with van der Waals surface area (Å²) in [6, 6.07) is 29.1. The van der Waals surface area contributed by atoms with Gasteiger partial charge in [0.25, 0.3) is 0 Å². The fraction of sp³-hybridized carbons (Fsp3) is 0.0476. The predicted octanol–water partition coefficient (Wildman–Crippen LogP) is 5.99. The molecule has 22 heavy (non-hydrogen) atoms. The highest BCUT2D eigenvalue weighted by atomic mass is 14.9. The van der Waals surface area contributed by atoms with Crippen LogP contribution in [-0.2, 0) is 0 Å². The summed E-state index contributed by atoms with van der Waals surface area (Å²) in [4.78, 5) is 0. The van der Waals surface area contributed by atoms with Crippen LogP contribution in [0.2, 0.25) is 0 Å². The third kappa shape index (κ3) is 3.44. The molecule has 0 aliphatic carbocycles. The number of para-hydroxylation sites is 2. The average Bonchev–Trinajstić information content (AvgIpc) is 2.57. The second kappa shape index (κ2) is 6.77. The Labute approximate surface area is 132 Å². The Morgan fingerprint density at radius 2 is 1.32 bits per heavy atom. The van der Waals surface area contributed by atoms with Crippen LogP contribution in [-0.4, -0.2) is 0 Å². The van der Waals surface area contributed by atoms with E-state index in [-0.39, 0.29) is 0 Å². The highest BCUT2D eigenvalue weighted by Gasteiger charge is 2.04. The molecule has 3 rings (SSSR count). The molecule has 3 aromatic rings. The number of benzene rings is 3. The summed E-state index contributed by atoms with van der Waals surface area (Å²) in [7, 11) is 0. The summed E-state index contributed by atoms with van der Waals surface area (Å²) >= 11 is 0. The molecule has 0 radical (unpaired) electrons. The van der Waals surface area contributed by atoms with Crippen molar-refractivity contribution in [1.82, 2.24) is 0 Å². The Hall–Kier alpha value is -2.80. The van der Waals surface area contributed by atoms with E-state index >= 15 is 0 Å². The van der Waals surface area contributed by atoms with Crippen LogP contribution in [0.15, 0.2) is 84.9 Å². The van der Waals surface area contributed by atoms with Gasteiger partial charge >= 0.3 is 0 Å². The molecular formula is C21H19N. The van der Waals surface area contributed by atoms with Crippen LogP contribution in [0.4, 0.5) is 11.4 Å². The van der Waals surface area contributed by atoms with E-state index in [0.29, 0.717) is 0 Å². The maximum absolute atomic E-state index is 3.50. The monoisotopic (exact) mass is 285 g/mol. The highest BCUT2D eigenvalue weighted by molar-refractivity contribution is 5.87. The number of hydrogen-bond acceptors (Lipinski definition) is 1. The molecule has 108 valence electrons. The molecule has 0 saturated heterocycles. The van der Waals surface area contributed by atoms with Crippen molar-refractivity contribution in [3.05, 3.63) is 96.1 Å². The van der Waals surface area contributed by atoms with E-state index in [1.54, 1.807) is 0 Å². The Balaban J connectivity index is 1.93. The lowest BCUT2D eigenvalue weighted by molar-refractivity contribution is 1.50. The van der Waals surface area contributed by atoms with Crippen molar-refractivity contribution in [2.75, 3.05) is 5.32 Å². The van der Waals surface area contributed by atoms with Gasteiger partial charge in [-0.3, -0.25) is 0 Å².